The number of hydrogen-bond donors (Lipinski definition) is 1. The van der Waals surface area contributed by atoms with Crippen molar-refractivity contribution in [1.82, 2.24) is 4.57 Å². The summed E-state index contributed by atoms with van der Waals surface area (Å²) in [5.74, 6) is 0. The van der Waals surface area contributed by atoms with E-state index in [0.29, 0.717) is 5.71 Å². The Hall–Kier alpha value is -0.680. The Morgan fingerprint density at radius 3 is 2.58 bits per heavy atom. The van der Waals surface area contributed by atoms with Crippen LogP contribution in [-0.2, 0) is 7.05 Å². The first-order valence-electron chi connectivity index (χ1n) is 3.43. The van der Waals surface area contributed by atoms with Crippen molar-refractivity contribution in [3.63, 3.8) is 0 Å². The molecule has 0 aliphatic rings. The van der Waals surface area contributed by atoms with Crippen LogP contribution in [0.2, 0.25) is 0 Å². The van der Waals surface area contributed by atoms with Crippen LogP contribution in [0.1, 0.15) is 17.5 Å². The molecule has 0 saturated carbocycles. The first kappa shape index (κ1) is 9.41. The monoisotopic (exact) mass is 202 g/mol. The van der Waals surface area contributed by atoms with Gasteiger partial charge in [0, 0.05) is 12.7 Å². The zero-order chi connectivity index (χ0) is 9.30. The van der Waals surface area contributed by atoms with Crippen molar-refractivity contribution in [2.45, 2.75) is 13.8 Å². The Morgan fingerprint density at radius 2 is 2.25 bits per heavy atom. The fraction of sp³-hybridized carbons (Fsp3) is 0.429. The van der Waals surface area contributed by atoms with Crippen molar-refractivity contribution >= 4 is 29.3 Å². The Bertz CT molecular complexity index is 375. The number of oxime groups is 1. The van der Waals surface area contributed by atoms with Crippen LogP contribution in [0.3, 0.4) is 0 Å². The Labute approximate surface area is 80.0 Å². The zero-order valence-corrected chi connectivity index (χ0v) is 8.79. The predicted molar refractivity (Wildman–Crippen MR) is 52.9 cm³/mol. The normalized spacial score (nSPS) is 12.1. The molecule has 12 heavy (non-hydrogen) atoms. The molecular formula is C7H10N2OS2. The molecule has 0 fully saturated rings. The lowest BCUT2D eigenvalue weighted by Gasteiger charge is -1.96. The minimum atomic E-state index is 0.615. The van der Waals surface area contributed by atoms with Crippen LogP contribution in [0.15, 0.2) is 5.16 Å². The molecule has 0 unspecified atom stereocenters. The molecular weight excluding hydrogens is 192 g/mol. The number of thiazole rings is 1. The van der Waals surface area contributed by atoms with E-state index < -0.39 is 0 Å². The molecule has 1 rings (SSSR count). The average molecular weight is 202 g/mol. The van der Waals surface area contributed by atoms with Gasteiger partial charge in [-0.25, -0.2) is 0 Å². The average Bonchev–Trinajstić information content (AvgIpc) is 2.32. The first-order chi connectivity index (χ1) is 5.57. The molecule has 0 radical (unpaired) electrons. The van der Waals surface area contributed by atoms with E-state index in [4.69, 9.17) is 17.4 Å². The van der Waals surface area contributed by atoms with Crippen LogP contribution < -0.4 is 0 Å². The van der Waals surface area contributed by atoms with Crippen LogP contribution in [-0.4, -0.2) is 15.5 Å². The summed E-state index contributed by atoms with van der Waals surface area (Å²) >= 11 is 6.53. The molecule has 0 spiro atoms. The van der Waals surface area contributed by atoms with Gasteiger partial charge in [0.05, 0.1) is 10.6 Å². The number of nitrogens with zero attached hydrogens (tertiary/aromatic N) is 2. The van der Waals surface area contributed by atoms with Crippen LogP contribution in [0.5, 0.6) is 0 Å². The molecule has 5 heteroatoms. The van der Waals surface area contributed by atoms with Crippen LogP contribution >= 0.6 is 23.6 Å². The molecule has 0 amide bonds. The fourth-order valence-electron chi connectivity index (χ4n) is 0.900. The smallest absolute Gasteiger partial charge is 0.161 e. The third kappa shape index (κ3) is 1.42. The lowest BCUT2D eigenvalue weighted by atomic mass is 10.3. The van der Waals surface area contributed by atoms with Gasteiger partial charge in [0.15, 0.2) is 3.95 Å². The molecule has 1 heterocycles. The van der Waals surface area contributed by atoms with Gasteiger partial charge in [0.1, 0.15) is 0 Å². The highest BCUT2D eigenvalue weighted by Gasteiger charge is 2.08. The molecule has 0 aliphatic carbocycles. The van der Waals surface area contributed by atoms with E-state index in [2.05, 4.69) is 5.16 Å². The summed E-state index contributed by atoms with van der Waals surface area (Å²) in [5, 5.41) is 11.7. The van der Waals surface area contributed by atoms with E-state index >= 15 is 0 Å². The van der Waals surface area contributed by atoms with Gasteiger partial charge in [-0.3, -0.25) is 0 Å². The number of aromatic nitrogens is 1. The second-order valence-electron chi connectivity index (χ2n) is 2.53. The molecule has 0 aromatic carbocycles. The molecule has 0 atom stereocenters. The molecule has 0 bridgehead atoms. The van der Waals surface area contributed by atoms with Crippen LogP contribution in [0.25, 0.3) is 0 Å². The zero-order valence-electron chi connectivity index (χ0n) is 7.16. The predicted octanol–water partition coefficient (Wildman–Crippen LogP) is 2.32. The maximum absolute atomic E-state index is 8.56. The van der Waals surface area contributed by atoms with Crippen molar-refractivity contribution in [2.75, 3.05) is 0 Å². The van der Waals surface area contributed by atoms with E-state index in [1.165, 1.54) is 11.3 Å². The lowest BCUT2D eigenvalue weighted by Crippen LogP contribution is -1.97. The summed E-state index contributed by atoms with van der Waals surface area (Å²) < 4.78 is 2.70. The van der Waals surface area contributed by atoms with E-state index in [-0.39, 0.29) is 0 Å². The third-order valence-electron chi connectivity index (χ3n) is 1.77. The van der Waals surface area contributed by atoms with Crippen molar-refractivity contribution in [2.24, 2.45) is 12.2 Å². The maximum atomic E-state index is 8.56. The highest BCUT2D eigenvalue weighted by Crippen LogP contribution is 2.18. The minimum absolute atomic E-state index is 0.615. The van der Waals surface area contributed by atoms with Gasteiger partial charge in [0.25, 0.3) is 0 Å². The van der Waals surface area contributed by atoms with Crippen LogP contribution in [0, 0.1) is 10.9 Å². The highest BCUT2D eigenvalue weighted by atomic mass is 32.1. The Kier molecular flexibility index (Phi) is 2.64. The summed E-state index contributed by atoms with van der Waals surface area (Å²) in [4.78, 5) is 0.949. The van der Waals surface area contributed by atoms with Gasteiger partial charge in [0.2, 0.25) is 0 Å². The molecule has 66 valence electrons. The highest BCUT2D eigenvalue weighted by molar-refractivity contribution is 7.73. The van der Waals surface area contributed by atoms with Gasteiger partial charge >= 0.3 is 0 Å². The van der Waals surface area contributed by atoms with Gasteiger partial charge in [-0.15, -0.1) is 11.3 Å². The second kappa shape index (κ2) is 3.37. The summed E-state index contributed by atoms with van der Waals surface area (Å²) in [6.07, 6.45) is 0. The van der Waals surface area contributed by atoms with Crippen molar-refractivity contribution < 1.29 is 5.21 Å². The van der Waals surface area contributed by atoms with E-state index in [0.717, 1.165) is 14.5 Å². The van der Waals surface area contributed by atoms with Gasteiger partial charge in [-0.05, 0) is 26.1 Å². The summed E-state index contributed by atoms with van der Waals surface area (Å²) in [5.41, 5.74) is 1.66. The minimum Gasteiger partial charge on any atom is -0.411 e. The fourth-order valence-corrected chi connectivity index (χ4v) is 2.21. The first-order valence-corrected chi connectivity index (χ1v) is 4.66. The van der Waals surface area contributed by atoms with Crippen LogP contribution in [0.4, 0.5) is 0 Å². The molecule has 1 aromatic rings. The standard InChI is InChI=1S/C7H10N2OS2/c1-4(8-10)6-5(2)9(3)7(11)12-6/h10H,1-3H3/b8-4+. The molecule has 0 saturated heterocycles. The van der Waals surface area contributed by atoms with Crippen molar-refractivity contribution in [3.05, 3.63) is 14.5 Å². The number of rotatable bonds is 1. The van der Waals surface area contributed by atoms with Gasteiger partial charge < -0.3 is 9.77 Å². The summed E-state index contributed by atoms with van der Waals surface area (Å²) in [6, 6.07) is 0. The molecule has 1 aromatic heterocycles. The molecule has 1 N–H and O–H groups in total. The van der Waals surface area contributed by atoms with E-state index in [9.17, 15) is 0 Å². The SMILES string of the molecule is C/C(=N\O)c1sc(=S)n(C)c1C. The largest absolute Gasteiger partial charge is 0.411 e. The quantitative estimate of drug-likeness (QED) is 0.328. The second-order valence-corrected chi connectivity index (χ2v) is 4.17. The third-order valence-corrected chi connectivity index (χ3v) is 3.54. The lowest BCUT2D eigenvalue weighted by molar-refractivity contribution is 0.319. The number of hydrogen-bond acceptors (Lipinski definition) is 4. The maximum Gasteiger partial charge on any atom is 0.161 e. The molecule has 0 aliphatic heterocycles. The molecule has 3 nitrogen and oxygen atoms in total. The topological polar surface area (TPSA) is 37.5 Å². The van der Waals surface area contributed by atoms with Gasteiger partial charge in [-0.1, -0.05) is 5.16 Å². The summed E-state index contributed by atoms with van der Waals surface area (Å²) in [7, 11) is 1.91. The van der Waals surface area contributed by atoms with Gasteiger partial charge in [-0.2, -0.15) is 0 Å². The Morgan fingerprint density at radius 1 is 1.67 bits per heavy atom. The van der Waals surface area contributed by atoms with E-state index in [1.54, 1.807) is 6.92 Å². The summed E-state index contributed by atoms with van der Waals surface area (Å²) in [6.45, 7) is 3.71. The van der Waals surface area contributed by atoms with Crippen molar-refractivity contribution in [1.29, 1.82) is 0 Å². The van der Waals surface area contributed by atoms with Crippen molar-refractivity contribution in [3.8, 4) is 0 Å². The van der Waals surface area contributed by atoms with E-state index in [1.807, 2.05) is 18.5 Å². The Balaban J connectivity index is 3.37.